The third kappa shape index (κ3) is 3.68. The molecule has 0 spiro atoms. The first-order valence-electron chi connectivity index (χ1n) is 6.46. The molecule has 0 amide bonds. The van der Waals surface area contributed by atoms with E-state index in [0.29, 0.717) is 11.4 Å². The highest BCUT2D eigenvalue weighted by Gasteiger charge is 2.35. The van der Waals surface area contributed by atoms with Crippen LogP contribution in [0.1, 0.15) is 18.3 Å². The van der Waals surface area contributed by atoms with Crippen LogP contribution in [0.2, 0.25) is 0 Å². The van der Waals surface area contributed by atoms with Gasteiger partial charge < -0.3 is 10.1 Å². The number of alkyl halides is 3. The van der Waals surface area contributed by atoms with Crippen LogP contribution in [0.3, 0.4) is 0 Å². The fourth-order valence-corrected chi connectivity index (χ4v) is 1.95. The average Bonchev–Trinajstić information content (AvgIpc) is 2.89. The van der Waals surface area contributed by atoms with Gasteiger partial charge in [-0.3, -0.25) is 4.68 Å². The molecule has 21 heavy (non-hydrogen) atoms. The van der Waals surface area contributed by atoms with Gasteiger partial charge in [-0.1, -0.05) is 6.07 Å². The molecule has 0 saturated heterocycles. The van der Waals surface area contributed by atoms with Crippen LogP contribution in [0.4, 0.5) is 18.9 Å². The lowest BCUT2D eigenvalue weighted by atomic mass is 10.3. The number of nitrogens with zero attached hydrogens (tertiary/aromatic N) is 2. The minimum Gasteiger partial charge on any atom is -0.497 e. The molecule has 0 radical (unpaired) electrons. The highest BCUT2D eigenvalue weighted by atomic mass is 19.4. The fourth-order valence-electron chi connectivity index (χ4n) is 1.95. The molecule has 7 heteroatoms. The predicted molar refractivity (Wildman–Crippen MR) is 73.2 cm³/mol. The fraction of sp³-hybridized carbons (Fsp3) is 0.357. The topological polar surface area (TPSA) is 39.1 Å². The number of anilines is 1. The van der Waals surface area contributed by atoms with Crippen molar-refractivity contribution in [2.75, 3.05) is 12.4 Å². The predicted octanol–water partition coefficient (Wildman–Crippen LogP) is 3.54. The first-order valence-corrected chi connectivity index (χ1v) is 6.46. The van der Waals surface area contributed by atoms with E-state index >= 15 is 0 Å². The van der Waals surface area contributed by atoms with Crippen molar-refractivity contribution in [3.63, 3.8) is 0 Å². The molecular formula is C14H16F3N3O. The number of ether oxygens (including phenoxy) is 1. The van der Waals surface area contributed by atoms with E-state index in [1.165, 1.54) is 0 Å². The maximum Gasteiger partial charge on any atom is 0.433 e. The van der Waals surface area contributed by atoms with Crippen LogP contribution in [0, 0.1) is 0 Å². The van der Waals surface area contributed by atoms with Gasteiger partial charge in [-0.2, -0.15) is 18.3 Å². The van der Waals surface area contributed by atoms with Crippen LogP contribution < -0.4 is 10.1 Å². The number of halogens is 3. The zero-order valence-electron chi connectivity index (χ0n) is 11.7. The summed E-state index contributed by atoms with van der Waals surface area (Å²) in [6.45, 7) is 2.01. The number of methoxy groups -OCH3 is 1. The molecule has 0 aliphatic heterocycles. The number of hydrogen-bond donors (Lipinski definition) is 1. The van der Waals surface area contributed by atoms with Gasteiger partial charge in [-0.25, -0.2) is 0 Å². The number of nitrogens with one attached hydrogen (secondary N) is 1. The molecule has 0 aliphatic rings. The standard InChI is InChI=1S/C14H16F3N3O/c1-3-20-13(14(15,16)17)8-11(19-20)9-18-10-5-4-6-12(7-10)21-2/h4-8,18H,3,9H2,1-2H3. The molecule has 1 N–H and O–H groups in total. The van der Waals surface area contributed by atoms with Crippen molar-refractivity contribution in [3.8, 4) is 5.75 Å². The summed E-state index contributed by atoms with van der Waals surface area (Å²) in [6.07, 6.45) is -4.39. The molecule has 1 aromatic carbocycles. The van der Waals surface area contributed by atoms with E-state index in [2.05, 4.69) is 10.4 Å². The average molecular weight is 299 g/mol. The zero-order chi connectivity index (χ0) is 15.5. The largest absolute Gasteiger partial charge is 0.497 e. The maximum atomic E-state index is 12.8. The minimum atomic E-state index is -4.39. The molecule has 1 heterocycles. The van der Waals surface area contributed by atoms with Crippen LogP contribution in [0.25, 0.3) is 0 Å². The molecule has 0 bridgehead atoms. The van der Waals surface area contributed by atoms with Gasteiger partial charge in [0.15, 0.2) is 0 Å². The van der Waals surface area contributed by atoms with Gasteiger partial charge in [0.1, 0.15) is 11.4 Å². The van der Waals surface area contributed by atoms with Crippen LogP contribution >= 0.6 is 0 Å². The van der Waals surface area contributed by atoms with E-state index in [1.54, 1.807) is 32.2 Å². The summed E-state index contributed by atoms with van der Waals surface area (Å²) in [7, 11) is 1.55. The Kier molecular flexibility index (Phi) is 4.40. The first kappa shape index (κ1) is 15.2. The van der Waals surface area contributed by atoms with Gasteiger partial charge in [0, 0.05) is 18.3 Å². The Morgan fingerprint density at radius 1 is 1.29 bits per heavy atom. The molecule has 114 valence electrons. The molecule has 1 aromatic heterocycles. The zero-order valence-corrected chi connectivity index (χ0v) is 11.7. The first-order chi connectivity index (χ1) is 9.94. The Morgan fingerprint density at radius 2 is 2.05 bits per heavy atom. The lowest BCUT2D eigenvalue weighted by Gasteiger charge is -2.07. The number of benzene rings is 1. The number of aromatic nitrogens is 2. The van der Waals surface area contributed by atoms with Crippen LogP contribution in [0.5, 0.6) is 5.75 Å². The molecule has 0 saturated carbocycles. The quantitative estimate of drug-likeness (QED) is 0.918. The summed E-state index contributed by atoms with van der Waals surface area (Å²) in [6, 6.07) is 8.23. The Hall–Kier alpha value is -2.18. The van der Waals surface area contributed by atoms with E-state index in [1.807, 2.05) is 6.07 Å². The molecule has 0 atom stereocenters. The van der Waals surface area contributed by atoms with Gasteiger partial charge in [-0.15, -0.1) is 0 Å². The third-order valence-electron chi connectivity index (χ3n) is 2.96. The summed E-state index contributed by atoms with van der Waals surface area (Å²) < 4.78 is 44.5. The molecule has 0 fully saturated rings. The monoisotopic (exact) mass is 299 g/mol. The number of hydrogen-bond acceptors (Lipinski definition) is 3. The van der Waals surface area contributed by atoms with Crippen molar-refractivity contribution in [2.24, 2.45) is 0 Å². The Morgan fingerprint density at radius 3 is 2.62 bits per heavy atom. The third-order valence-corrected chi connectivity index (χ3v) is 2.96. The smallest absolute Gasteiger partial charge is 0.433 e. The van der Waals surface area contributed by atoms with Gasteiger partial charge in [0.25, 0.3) is 0 Å². The van der Waals surface area contributed by atoms with Crippen molar-refractivity contribution in [2.45, 2.75) is 26.2 Å². The summed E-state index contributed by atoms with van der Waals surface area (Å²) >= 11 is 0. The van der Waals surface area contributed by atoms with E-state index < -0.39 is 11.9 Å². The van der Waals surface area contributed by atoms with Gasteiger partial charge in [0.2, 0.25) is 0 Å². The Bertz CT molecular complexity index is 608. The minimum absolute atomic E-state index is 0.175. The normalized spacial score (nSPS) is 11.5. The van der Waals surface area contributed by atoms with E-state index in [-0.39, 0.29) is 13.1 Å². The van der Waals surface area contributed by atoms with Crippen molar-refractivity contribution in [1.29, 1.82) is 0 Å². The van der Waals surface area contributed by atoms with Crippen molar-refractivity contribution in [1.82, 2.24) is 9.78 Å². The van der Waals surface area contributed by atoms with Crippen molar-refractivity contribution >= 4 is 5.69 Å². The highest BCUT2D eigenvalue weighted by Crippen LogP contribution is 2.30. The molecule has 0 aliphatic carbocycles. The van der Waals surface area contributed by atoms with Gasteiger partial charge in [-0.05, 0) is 25.1 Å². The molecule has 2 rings (SSSR count). The second-order valence-electron chi connectivity index (χ2n) is 4.42. The lowest BCUT2D eigenvalue weighted by molar-refractivity contribution is -0.144. The lowest BCUT2D eigenvalue weighted by Crippen LogP contribution is -2.13. The van der Waals surface area contributed by atoms with Gasteiger partial charge in [0.05, 0.1) is 19.3 Å². The van der Waals surface area contributed by atoms with Crippen LogP contribution in [0.15, 0.2) is 30.3 Å². The van der Waals surface area contributed by atoms with E-state index in [9.17, 15) is 13.2 Å². The van der Waals surface area contributed by atoms with Crippen molar-refractivity contribution in [3.05, 3.63) is 41.7 Å². The summed E-state index contributed by atoms with van der Waals surface area (Å²) in [5.41, 5.74) is 0.369. The Balaban J connectivity index is 2.11. The van der Waals surface area contributed by atoms with Gasteiger partial charge >= 0.3 is 6.18 Å². The van der Waals surface area contributed by atoms with E-state index in [4.69, 9.17) is 4.74 Å². The Labute approximate surface area is 120 Å². The summed E-state index contributed by atoms with van der Waals surface area (Å²) in [4.78, 5) is 0. The second kappa shape index (κ2) is 6.07. The number of rotatable bonds is 5. The van der Waals surface area contributed by atoms with Crippen LogP contribution in [-0.2, 0) is 19.3 Å². The number of aryl methyl sites for hydroxylation is 1. The molecule has 0 unspecified atom stereocenters. The second-order valence-corrected chi connectivity index (χ2v) is 4.42. The SMILES string of the molecule is CCn1nc(CNc2cccc(OC)c2)cc1C(F)(F)F. The maximum absolute atomic E-state index is 12.8. The highest BCUT2D eigenvalue weighted by molar-refractivity contribution is 5.48. The summed E-state index contributed by atoms with van der Waals surface area (Å²) in [5, 5.41) is 6.98. The summed E-state index contributed by atoms with van der Waals surface area (Å²) in [5.74, 6) is 0.676. The van der Waals surface area contributed by atoms with E-state index in [0.717, 1.165) is 16.4 Å². The molecular weight excluding hydrogens is 283 g/mol. The van der Waals surface area contributed by atoms with Crippen LogP contribution in [-0.4, -0.2) is 16.9 Å². The molecule has 4 nitrogen and oxygen atoms in total. The van der Waals surface area contributed by atoms with Crippen molar-refractivity contribution < 1.29 is 17.9 Å². The molecule has 2 aromatic rings.